The molecule has 0 bridgehead atoms. The molecule has 1 atom stereocenters. The van der Waals surface area contributed by atoms with E-state index in [2.05, 4.69) is 52.4 Å². The fourth-order valence-corrected chi connectivity index (χ4v) is 2.92. The average Bonchev–Trinajstić information content (AvgIpc) is 2.41. The molecular weight excluding hydrogens is 322 g/mol. The number of hydrogen-bond acceptors (Lipinski definition) is 1. The zero-order valence-electron chi connectivity index (χ0n) is 11.1. The minimum atomic E-state index is 0.245. The van der Waals surface area contributed by atoms with Gasteiger partial charge in [0, 0.05) is 15.5 Å². The maximum atomic E-state index is 6.24. The molecule has 100 valence electrons. The summed E-state index contributed by atoms with van der Waals surface area (Å²) in [6.45, 7) is 2.11. The zero-order chi connectivity index (χ0) is 13.8. The van der Waals surface area contributed by atoms with Crippen LogP contribution in [0.2, 0.25) is 5.02 Å². The van der Waals surface area contributed by atoms with Crippen LogP contribution in [0, 0.1) is 6.92 Å². The predicted octanol–water partition coefficient (Wildman–Crippen LogP) is 4.91. The maximum absolute atomic E-state index is 6.24. The fraction of sp³-hybridized carbons (Fsp3) is 0.250. The van der Waals surface area contributed by atoms with Gasteiger partial charge in [0.05, 0.1) is 0 Å². The summed E-state index contributed by atoms with van der Waals surface area (Å²) >= 11 is 9.88. The number of halogens is 2. The number of benzene rings is 2. The molecule has 0 aliphatic rings. The van der Waals surface area contributed by atoms with Crippen LogP contribution >= 0.6 is 27.5 Å². The van der Waals surface area contributed by atoms with E-state index in [0.29, 0.717) is 0 Å². The molecule has 0 aliphatic carbocycles. The van der Waals surface area contributed by atoms with Crippen molar-refractivity contribution in [2.24, 2.45) is 0 Å². The Morgan fingerprint density at radius 1 is 1.21 bits per heavy atom. The van der Waals surface area contributed by atoms with Crippen LogP contribution in [0.4, 0.5) is 0 Å². The molecule has 1 N–H and O–H groups in total. The van der Waals surface area contributed by atoms with E-state index >= 15 is 0 Å². The lowest BCUT2D eigenvalue weighted by molar-refractivity contribution is 0.589. The summed E-state index contributed by atoms with van der Waals surface area (Å²) in [6.07, 6.45) is 0.873. The van der Waals surface area contributed by atoms with Crippen molar-refractivity contribution in [2.75, 3.05) is 7.05 Å². The van der Waals surface area contributed by atoms with E-state index in [9.17, 15) is 0 Å². The van der Waals surface area contributed by atoms with Gasteiger partial charge in [0.25, 0.3) is 0 Å². The Bertz CT molecular complexity index is 568. The largest absolute Gasteiger partial charge is 0.313 e. The van der Waals surface area contributed by atoms with Crippen molar-refractivity contribution in [3.63, 3.8) is 0 Å². The molecule has 0 heterocycles. The third-order valence-electron chi connectivity index (χ3n) is 3.26. The first kappa shape index (κ1) is 14.6. The SMILES string of the molecule is CNC(Cc1ccccc1Cl)c1cc(C)ccc1Br. The van der Waals surface area contributed by atoms with Crippen molar-refractivity contribution in [3.8, 4) is 0 Å². The molecule has 0 amide bonds. The van der Waals surface area contributed by atoms with E-state index in [4.69, 9.17) is 11.6 Å². The van der Waals surface area contributed by atoms with E-state index in [1.54, 1.807) is 0 Å². The monoisotopic (exact) mass is 337 g/mol. The van der Waals surface area contributed by atoms with Gasteiger partial charge in [-0.3, -0.25) is 0 Å². The average molecular weight is 339 g/mol. The minimum absolute atomic E-state index is 0.245. The Morgan fingerprint density at radius 3 is 2.63 bits per heavy atom. The molecule has 3 heteroatoms. The number of hydrogen-bond donors (Lipinski definition) is 1. The summed E-state index contributed by atoms with van der Waals surface area (Å²) in [7, 11) is 1.98. The van der Waals surface area contributed by atoms with Gasteiger partial charge < -0.3 is 5.32 Å². The first-order chi connectivity index (χ1) is 9.11. The number of aryl methyl sites for hydroxylation is 1. The summed E-state index contributed by atoms with van der Waals surface area (Å²) in [6, 6.07) is 14.7. The van der Waals surface area contributed by atoms with Crippen molar-refractivity contribution in [3.05, 3.63) is 68.7 Å². The summed E-state index contributed by atoms with van der Waals surface area (Å²) in [5.74, 6) is 0. The molecule has 1 nitrogen and oxygen atoms in total. The normalized spacial score (nSPS) is 12.4. The Morgan fingerprint density at radius 2 is 1.95 bits per heavy atom. The third kappa shape index (κ3) is 3.59. The van der Waals surface area contributed by atoms with E-state index in [0.717, 1.165) is 21.5 Å². The van der Waals surface area contributed by atoms with Crippen LogP contribution in [0.5, 0.6) is 0 Å². The first-order valence-electron chi connectivity index (χ1n) is 6.28. The van der Waals surface area contributed by atoms with Gasteiger partial charge in [-0.1, -0.05) is 63.4 Å². The minimum Gasteiger partial charge on any atom is -0.313 e. The summed E-state index contributed by atoms with van der Waals surface area (Å²) in [5.41, 5.74) is 3.69. The molecule has 0 fully saturated rings. The van der Waals surface area contributed by atoms with E-state index < -0.39 is 0 Å². The van der Waals surface area contributed by atoms with Gasteiger partial charge in [0.15, 0.2) is 0 Å². The molecular formula is C16H17BrClN. The quantitative estimate of drug-likeness (QED) is 0.835. The number of nitrogens with one attached hydrogen (secondary N) is 1. The molecule has 0 radical (unpaired) electrons. The molecule has 19 heavy (non-hydrogen) atoms. The highest BCUT2D eigenvalue weighted by Gasteiger charge is 2.14. The zero-order valence-corrected chi connectivity index (χ0v) is 13.4. The lowest BCUT2D eigenvalue weighted by Crippen LogP contribution is -2.19. The first-order valence-corrected chi connectivity index (χ1v) is 7.45. The van der Waals surface area contributed by atoms with Crippen LogP contribution in [0.25, 0.3) is 0 Å². The van der Waals surface area contributed by atoms with Crippen LogP contribution < -0.4 is 5.32 Å². The third-order valence-corrected chi connectivity index (χ3v) is 4.35. The highest BCUT2D eigenvalue weighted by molar-refractivity contribution is 9.10. The van der Waals surface area contributed by atoms with Gasteiger partial charge in [-0.05, 0) is 43.7 Å². The van der Waals surface area contributed by atoms with Gasteiger partial charge in [-0.25, -0.2) is 0 Å². The molecule has 2 rings (SSSR count). The van der Waals surface area contributed by atoms with Crippen molar-refractivity contribution >= 4 is 27.5 Å². The molecule has 0 saturated heterocycles. The van der Waals surface area contributed by atoms with Crippen LogP contribution in [-0.4, -0.2) is 7.05 Å². The van der Waals surface area contributed by atoms with Crippen molar-refractivity contribution in [1.29, 1.82) is 0 Å². The maximum Gasteiger partial charge on any atom is 0.0438 e. The molecule has 0 aromatic heterocycles. The molecule has 0 saturated carbocycles. The highest BCUT2D eigenvalue weighted by Crippen LogP contribution is 2.29. The van der Waals surface area contributed by atoms with Gasteiger partial charge in [-0.15, -0.1) is 0 Å². The van der Waals surface area contributed by atoms with Gasteiger partial charge in [0.2, 0.25) is 0 Å². The second-order valence-corrected chi connectivity index (χ2v) is 5.92. The number of rotatable bonds is 4. The van der Waals surface area contributed by atoms with Crippen LogP contribution in [0.1, 0.15) is 22.7 Å². The standard InChI is InChI=1S/C16H17BrClN/c1-11-7-8-14(17)13(9-11)16(19-2)10-12-5-3-4-6-15(12)18/h3-9,16,19H,10H2,1-2H3. The van der Waals surface area contributed by atoms with Crippen molar-refractivity contribution < 1.29 is 0 Å². The van der Waals surface area contributed by atoms with Gasteiger partial charge >= 0.3 is 0 Å². The lowest BCUT2D eigenvalue weighted by atomic mass is 9.97. The summed E-state index contributed by atoms with van der Waals surface area (Å²) in [4.78, 5) is 0. The Labute approximate surface area is 128 Å². The molecule has 1 unspecified atom stereocenters. The van der Waals surface area contributed by atoms with Crippen LogP contribution in [-0.2, 0) is 6.42 Å². The van der Waals surface area contributed by atoms with Crippen molar-refractivity contribution in [2.45, 2.75) is 19.4 Å². The predicted molar refractivity (Wildman–Crippen MR) is 85.8 cm³/mol. The van der Waals surface area contributed by atoms with E-state index in [-0.39, 0.29) is 6.04 Å². The smallest absolute Gasteiger partial charge is 0.0438 e. The topological polar surface area (TPSA) is 12.0 Å². The molecule has 2 aromatic rings. The highest BCUT2D eigenvalue weighted by atomic mass is 79.9. The van der Waals surface area contributed by atoms with Crippen LogP contribution in [0.3, 0.4) is 0 Å². The summed E-state index contributed by atoms with van der Waals surface area (Å²) in [5, 5.41) is 4.20. The molecule has 0 aliphatic heterocycles. The van der Waals surface area contributed by atoms with E-state index in [1.165, 1.54) is 11.1 Å². The Hall–Kier alpha value is -0.830. The summed E-state index contributed by atoms with van der Waals surface area (Å²) < 4.78 is 1.13. The van der Waals surface area contributed by atoms with Gasteiger partial charge in [0.1, 0.15) is 0 Å². The fourth-order valence-electron chi connectivity index (χ4n) is 2.18. The second kappa shape index (κ2) is 6.56. The Kier molecular flexibility index (Phi) is 5.03. The van der Waals surface area contributed by atoms with Crippen molar-refractivity contribution in [1.82, 2.24) is 5.32 Å². The van der Waals surface area contributed by atoms with E-state index in [1.807, 2.05) is 25.2 Å². The van der Waals surface area contributed by atoms with Gasteiger partial charge in [-0.2, -0.15) is 0 Å². The molecule has 2 aromatic carbocycles. The van der Waals surface area contributed by atoms with Crippen LogP contribution in [0.15, 0.2) is 46.9 Å². The second-order valence-electron chi connectivity index (χ2n) is 4.66. The number of likely N-dealkylation sites (N-methyl/N-ethyl adjacent to an activating group) is 1. The molecule has 0 spiro atoms. The Balaban J connectivity index is 2.30. The lowest BCUT2D eigenvalue weighted by Gasteiger charge is -2.19.